The molecule has 39 heavy (non-hydrogen) atoms. The molecule has 1 N–H and O–H groups in total. The van der Waals surface area contributed by atoms with E-state index in [1.54, 1.807) is 12.2 Å². The van der Waals surface area contributed by atoms with E-state index < -0.39 is 0 Å². The molecule has 0 aromatic heterocycles. The molecule has 0 amide bonds. The van der Waals surface area contributed by atoms with E-state index in [1.165, 1.54) is 69.6 Å². The van der Waals surface area contributed by atoms with E-state index in [2.05, 4.69) is 27.7 Å². The molecule has 0 aliphatic carbocycles. The van der Waals surface area contributed by atoms with Crippen molar-refractivity contribution in [3.8, 4) is 11.5 Å². The Hall–Kier alpha value is -3.27. The molecule has 0 bridgehead atoms. The maximum absolute atomic E-state index is 12.3. The molecule has 0 heterocycles. The quantitative estimate of drug-likeness (QED) is 0.0846. The number of aliphatic hydroxyl groups excluding tert-OH is 1. The number of hydrogen-bond acceptors (Lipinski definition) is 4. The molecule has 2 unspecified atom stereocenters. The van der Waals surface area contributed by atoms with Gasteiger partial charge in [-0.3, -0.25) is 4.79 Å². The van der Waals surface area contributed by atoms with Gasteiger partial charge in [0.15, 0.2) is 5.78 Å². The molecule has 4 heteroatoms. The van der Waals surface area contributed by atoms with Crippen molar-refractivity contribution in [2.45, 2.75) is 104 Å². The average molecular weight is 533 g/mol. The second-order valence-electron chi connectivity index (χ2n) is 10.3. The van der Waals surface area contributed by atoms with Crippen molar-refractivity contribution >= 4 is 17.9 Å². The number of allylic oxidation sites excluding steroid dienone is 3. The smallest absolute Gasteiger partial charge is 0.182 e. The Morgan fingerprint density at radius 2 is 1.13 bits per heavy atom. The Bertz CT molecular complexity index is 1030. The first kappa shape index (κ1) is 31.9. The van der Waals surface area contributed by atoms with Crippen molar-refractivity contribution in [1.82, 2.24) is 0 Å². The molecule has 212 valence electrons. The average Bonchev–Trinajstić information content (AvgIpc) is 2.93. The number of carbonyl (C=O) groups is 1. The minimum Gasteiger partial charge on any atom is -0.508 e. The number of carbonyl (C=O) groups excluding carboxylic acids is 1. The van der Waals surface area contributed by atoms with E-state index in [4.69, 9.17) is 9.47 Å². The lowest BCUT2D eigenvalue weighted by molar-refractivity contribution is -0.110. The van der Waals surface area contributed by atoms with Crippen molar-refractivity contribution < 1.29 is 19.4 Å². The van der Waals surface area contributed by atoms with Crippen LogP contribution >= 0.6 is 0 Å². The van der Waals surface area contributed by atoms with E-state index >= 15 is 0 Å². The van der Waals surface area contributed by atoms with Crippen molar-refractivity contribution in [1.29, 1.82) is 0 Å². The SMILES string of the molecule is CCCCCCC(C)Oc1ccc(/C=C/C(=O)/C=C(O)/C=C/c2ccc(OC(C)CCCCCC)cc2)cc1. The Labute approximate surface area is 236 Å². The highest BCUT2D eigenvalue weighted by Gasteiger charge is 2.05. The third kappa shape index (κ3) is 14.5. The van der Waals surface area contributed by atoms with Gasteiger partial charge in [0.05, 0.1) is 12.2 Å². The number of unbranched alkanes of at least 4 members (excludes halogenated alkanes) is 6. The maximum atomic E-state index is 12.3. The predicted molar refractivity (Wildman–Crippen MR) is 164 cm³/mol. The van der Waals surface area contributed by atoms with Crippen LogP contribution in [0.25, 0.3) is 12.2 Å². The number of aliphatic hydroxyl groups is 1. The van der Waals surface area contributed by atoms with Crippen LogP contribution in [0.5, 0.6) is 11.5 Å². The third-order valence-electron chi connectivity index (χ3n) is 6.54. The van der Waals surface area contributed by atoms with Crippen molar-refractivity contribution in [3.05, 3.63) is 83.6 Å². The molecule has 2 aromatic carbocycles. The molecule has 0 radical (unpaired) electrons. The molecular formula is C35H48O4. The fraction of sp³-hybridized carbons (Fsp3) is 0.457. The highest BCUT2D eigenvalue weighted by Crippen LogP contribution is 2.19. The number of ketones is 1. The second-order valence-corrected chi connectivity index (χ2v) is 10.3. The topological polar surface area (TPSA) is 55.8 Å². The van der Waals surface area contributed by atoms with Crippen LogP contribution in [0.3, 0.4) is 0 Å². The molecule has 2 atom stereocenters. The number of rotatable bonds is 19. The summed E-state index contributed by atoms with van der Waals surface area (Å²) in [5, 5.41) is 10.2. The molecular weight excluding hydrogens is 484 g/mol. The zero-order chi connectivity index (χ0) is 28.3. The summed E-state index contributed by atoms with van der Waals surface area (Å²) < 4.78 is 12.0. The zero-order valence-electron chi connectivity index (χ0n) is 24.4. The van der Waals surface area contributed by atoms with Gasteiger partial charge >= 0.3 is 0 Å². The molecule has 0 spiro atoms. The molecule has 0 aliphatic heterocycles. The Balaban J connectivity index is 1.78. The van der Waals surface area contributed by atoms with E-state index in [0.29, 0.717) is 0 Å². The van der Waals surface area contributed by atoms with Gasteiger partial charge in [-0.1, -0.05) is 88.8 Å². The molecule has 2 rings (SSSR count). The van der Waals surface area contributed by atoms with Crippen LogP contribution in [0.15, 0.2) is 72.5 Å². The monoisotopic (exact) mass is 532 g/mol. The summed E-state index contributed by atoms with van der Waals surface area (Å²) in [5.41, 5.74) is 1.81. The summed E-state index contributed by atoms with van der Waals surface area (Å²) in [6.07, 6.45) is 20.1. The first-order valence-electron chi connectivity index (χ1n) is 14.7. The van der Waals surface area contributed by atoms with E-state index in [0.717, 1.165) is 35.5 Å². The summed E-state index contributed by atoms with van der Waals surface area (Å²) in [7, 11) is 0. The fourth-order valence-electron chi connectivity index (χ4n) is 4.22. The first-order valence-corrected chi connectivity index (χ1v) is 14.7. The van der Waals surface area contributed by atoms with E-state index in [-0.39, 0.29) is 23.8 Å². The normalized spacial score (nSPS) is 13.6. The minimum absolute atomic E-state index is 0.0950. The van der Waals surface area contributed by atoms with E-state index in [9.17, 15) is 9.90 Å². The van der Waals surface area contributed by atoms with Gasteiger partial charge in [-0.05, 0) is 87.1 Å². The number of ether oxygens (including phenoxy) is 2. The zero-order valence-corrected chi connectivity index (χ0v) is 24.4. The summed E-state index contributed by atoms with van der Waals surface area (Å²) in [4.78, 5) is 12.3. The van der Waals surface area contributed by atoms with Gasteiger partial charge in [0.2, 0.25) is 0 Å². The predicted octanol–water partition coefficient (Wildman–Crippen LogP) is 9.90. The van der Waals surface area contributed by atoms with Crippen LogP contribution in [0.4, 0.5) is 0 Å². The molecule has 4 nitrogen and oxygen atoms in total. The summed E-state index contributed by atoms with van der Waals surface area (Å²) in [6, 6.07) is 15.4. The van der Waals surface area contributed by atoms with Gasteiger partial charge in [-0.25, -0.2) is 0 Å². The van der Waals surface area contributed by atoms with Gasteiger partial charge in [0.1, 0.15) is 17.3 Å². The van der Waals surface area contributed by atoms with Gasteiger partial charge in [0, 0.05) is 6.08 Å². The molecule has 0 fully saturated rings. The third-order valence-corrected chi connectivity index (χ3v) is 6.54. The van der Waals surface area contributed by atoms with Gasteiger partial charge < -0.3 is 14.6 Å². The van der Waals surface area contributed by atoms with Gasteiger partial charge in [-0.15, -0.1) is 0 Å². The van der Waals surface area contributed by atoms with Crippen LogP contribution < -0.4 is 9.47 Å². The Morgan fingerprint density at radius 3 is 1.56 bits per heavy atom. The van der Waals surface area contributed by atoms with Crippen molar-refractivity contribution in [2.24, 2.45) is 0 Å². The van der Waals surface area contributed by atoms with Crippen molar-refractivity contribution in [3.63, 3.8) is 0 Å². The second kappa shape index (κ2) is 18.9. The highest BCUT2D eigenvalue weighted by atomic mass is 16.5. The maximum Gasteiger partial charge on any atom is 0.182 e. The van der Waals surface area contributed by atoms with Gasteiger partial charge in [-0.2, -0.15) is 0 Å². The lowest BCUT2D eigenvalue weighted by Gasteiger charge is -2.14. The standard InChI is InChI=1S/C35H48O4/c1-5-7-9-11-13-28(3)38-34-23-17-30(18-24-34)15-21-32(36)27-33(37)22-16-31-19-25-35(26-20-31)39-29(4)14-12-10-8-6-2/h15-29,36H,5-14H2,1-4H3/b21-15+,22-16+,32-27-. The molecule has 0 saturated carbocycles. The lowest BCUT2D eigenvalue weighted by Crippen LogP contribution is -2.11. The highest BCUT2D eigenvalue weighted by molar-refractivity contribution is 6.02. The fourth-order valence-corrected chi connectivity index (χ4v) is 4.22. The van der Waals surface area contributed by atoms with Crippen LogP contribution in [-0.2, 0) is 4.79 Å². The summed E-state index contributed by atoms with van der Waals surface area (Å²) in [6.45, 7) is 8.64. The largest absolute Gasteiger partial charge is 0.508 e. The first-order chi connectivity index (χ1) is 18.9. The molecule has 2 aromatic rings. The Kier molecular flexibility index (Phi) is 15.5. The number of benzene rings is 2. The van der Waals surface area contributed by atoms with Crippen LogP contribution in [0.2, 0.25) is 0 Å². The van der Waals surface area contributed by atoms with Gasteiger partial charge in [0.25, 0.3) is 0 Å². The lowest BCUT2D eigenvalue weighted by atomic mass is 10.1. The van der Waals surface area contributed by atoms with Crippen LogP contribution in [0.1, 0.15) is 103 Å². The van der Waals surface area contributed by atoms with Crippen LogP contribution in [-0.4, -0.2) is 23.1 Å². The summed E-state index contributed by atoms with van der Waals surface area (Å²) in [5.74, 6) is 1.30. The van der Waals surface area contributed by atoms with E-state index in [1.807, 2.05) is 48.5 Å². The summed E-state index contributed by atoms with van der Waals surface area (Å²) >= 11 is 0. The van der Waals surface area contributed by atoms with Crippen LogP contribution in [0, 0.1) is 0 Å². The molecule has 0 aliphatic rings. The number of hydrogen-bond donors (Lipinski definition) is 1. The Morgan fingerprint density at radius 1 is 0.692 bits per heavy atom. The minimum atomic E-state index is -0.283. The molecule has 0 saturated heterocycles. The van der Waals surface area contributed by atoms with Crippen molar-refractivity contribution in [2.75, 3.05) is 0 Å².